The smallest absolute Gasteiger partial charge is 0.238 e. The maximum absolute atomic E-state index is 13.3. The number of nitrogens with one attached hydrogen (secondary N) is 1. The van der Waals surface area contributed by atoms with Crippen molar-refractivity contribution in [1.29, 1.82) is 0 Å². The normalized spacial score (nSPS) is 17.6. The second-order valence-corrected chi connectivity index (χ2v) is 8.99. The number of aromatic nitrogens is 1. The lowest BCUT2D eigenvalue weighted by molar-refractivity contribution is -0.136. The predicted octanol–water partition coefficient (Wildman–Crippen LogP) is 4.26. The highest BCUT2D eigenvalue weighted by Gasteiger charge is 2.44. The highest BCUT2D eigenvalue weighted by Crippen LogP contribution is 2.26. The highest BCUT2D eigenvalue weighted by atomic mass is 19.1. The molecule has 1 saturated heterocycles. The molecule has 5 rings (SSSR count). The Labute approximate surface area is 202 Å². The van der Waals surface area contributed by atoms with Crippen molar-refractivity contribution in [3.63, 3.8) is 0 Å². The molecule has 6 heteroatoms. The summed E-state index contributed by atoms with van der Waals surface area (Å²) in [7, 11) is 0. The van der Waals surface area contributed by atoms with E-state index in [1.54, 1.807) is 12.1 Å². The first-order valence-electron chi connectivity index (χ1n) is 11.7. The van der Waals surface area contributed by atoms with Gasteiger partial charge in [-0.2, -0.15) is 0 Å². The van der Waals surface area contributed by atoms with Gasteiger partial charge in [0.05, 0.1) is 6.04 Å². The number of carbonyl (C=O) groups is 3. The quantitative estimate of drug-likeness (QED) is 0.393. The van der Waals surface area contributed by atoms with Gasteiger partial charge in [-0.15, -0.1) is 0 Å². The number of benzene rings is 3. The van der Waals surface area contributed by atoms with E-state index < -0.39 is 17.9 Å². The number of aryl methyl sites for hydroxylation is 1. The lowest BCUT2D eigenvalue weighted by atomic mass is 9.92. The number of hydrogen-bond donors (Lipinski definition) is 1. The third kappa shape index (κ3) is 4.78. The Morgan fingerprint density at radius 1 is 0.886 bits per heavy atom. The van der Waals surface area contributed by atoms with Crippen molar-refractivity contribution in [2.45, 2.75) is 31.8 Å². The maximum atomic E-state index is 13.3. The third-order valence-electron chi connectivity index (χ3n) is 6.60. The first-order valence-corrected chi connectivity index (χ1v) is 11.7. The van der Waals surface area contributed by atoms with Crippen LogP contribution in [0.3, 0.4) is 0 Å². The molecule has 0 saturated carbocycles. The van der Waals surface area contributed by atoms with Crippen molar-refractivity contribution in [3.05, 3.63) is 108 Å². The molecule has 3 aromatic carbocycles. The summed E-state index contributed by atoms with van der Waals surface area (Å²) in [6, 6.07) is 23.1. The zero-order valence-corrected chi connectivity index (χ0v) is 19.1. The second-order valence-electron chi connectivity index (χ2n) is 8.99. The molecule has 2 heterocycles. The molecular formula is C29H25FN2O3. The van der Waals surface area contributed by atoms with Crippen LogP contribution in [-0.2, 0) is 33.8 Å². The van der Waals surface area contributed by atoms with Crippen molar-refractivity contribution < 1.29 is 18.8 Å². The first-order chi connectivity index (χ1) is 17.0. The van der Waals surface area contributed by atoms with Crippen LogP contribution in [0.1, 0.15) is 23.1 Å². The van der Waals surface area contributed by atoms with Gasteiger partial charge in [-0.1, -0.05) is 60.7 Å². The largest absolute Gasteiger partial charge is 0.345 e. The molecule has 4 aromatic rings. The number of ketones is 2. The van der Waals surface area contributed by atoms with E-state index in [1.165, 1.54) is 12.1 Å². The molecule has 1 N–H and O–H groups in total. The molecule has 0 aliphatic carbocycles. The molecule has 0 bridgehead atoms. The molecule has 0 spiro atoms. The molecule has 1 aromatic heterocycles. The van der Waals surface area contributed by atoms with E-state index in [9.17, 15) is 18.8 Å². The van der Waals surface area contributed by atoms with Gasteiger partial charge in [0.2, 0.25) is 5.91 Å². The molecule has 1 aliphatic rings. The van der Waals surface area contributed by atoms with Gasteiger partial charge >= 0.3 is 0 Å². The molecule has 1 fully saturated rings. The third-order valence-corrected chi connectivity index (χ3v) is 6.60. The van der Waals surface area contributed by atoms with Gasteiger partial charge in [0.1, 0.15) is 5.82 Å². The van der Waals surface area contributed by atoms with E-state index >= 15 is 0 Å². The number of halogens is 1. The van der Waals surface area contributed by atoms with Crippen LogP contribution in [0.15, 0.2) is 85.1 Å². The average molecular weight is 469 g/mol. The minimum absolute atomic E-state index is 0.00777. The topological polar surface area (TPSA) is 68.2 Å². The summed E-state index contributed by atoms with van der Waals surface area (Å²) in [5, 5.41) is 3.62. The number of fused-ring (bicyclic) bond motifs is 1. The number of rotatable bonds is 8. The van der Waals surface area contributed by atoms with Crippen LogP contribution in [0.2, 0.25) is 0 Å². The lowest BCUT2D eigenvalue weighted by Gasteiger charge is -2.08. The first kappa shape index (κ1) is 22.7. The minimum Gasteiger partial charge on any atom is -0.345 e. The molecule has 2 atom stereocenters. The van der Waals surface area contributed by atoms with Crippen LogP contribution in [-0.4, -0.2) is 28.1 Å². The van der Waals surface area contributed by atoms with Crippen LogP contribution in [0, 0.1) is 11.7 Å². The van der Waals surface area contributed by atoms with Crippen molar-refractivity contribution >= 4 is 28.4 Å². The van der Waals surface area contributed by atoms with Gasteiger partial charge in [0.15, 0.2) is 17.5 Å². The van der Waals surface area contributed by atoms with E-state index in [-0.39, 0.29) is 23.8 Å². The average Bonchev–Trinajstić information content (AvgIpc) is 3.35. The monoisotopic (exact) mass is 468 g/mol. The summed E-state index contributed by atoms with van der Waals surface area (Å²) in [6.45, 7) is 0.513. The maximum Gasteiger partial charge on any atom is 0.238 e. The fraction of sp³-hybridized carbons (Fsp3) is 0.207. The number of hydrogen-bond acceptors (Lipinski definition) is 3. The molecule has 0 radical (unpaired) electrons. The molecular weight excluding hydrogens is 443 g/mol. The van der Waals surface area contributed by atoms with Gasteiger partial charge in [-0.25, -0.2) is 4.39 Å². The Bertz CT molecular complexity index is 1390. The van der Waals surface area contributed by atoms with Crippen molar-refractivity contribution in [2.75, 3.05) is 0 Å². The Balaban J connectivity index is 1.32. The van der Waals surface area contributed by atoms with E-state index in [1.807, 2.05) is 65.4 Å². The summed E-state index contributed by atoms with van der Waals surface area (Å²) in [5.41, 5.74) is 3.71. The van der Waals surface area contributed by atoms with Crippen LogP contribution >= 0.6 is 0 Å². The Kier molecular flexibility index (Phi) is 6.27. The zero-order valence-electron chi connectivity index (χ0n) is 19.1. The summed E-state index contributed by atoms with van der Waals surface area (Å²) < 4.78 is 15.3. The Morgan fingerprint density at radius 2 is 1.60 bits per heavy atom. The van der Waals surface area contributed by atoms with Crippen LogP contribution < -0.4 is 5.32 Å². The standard InChI is InChI=1S/C29H25FN2O3/c30-22-13-10-20(11-14-22)17-32-18-21(23-8-4-5-9-25(23)32)16-26(33)27-28(34)24(31-29(27)35)15-12-19-6-2-1-3-7-19/h1-11,13-14,18,24,27H,12,15-17H2,(H,31,35). The summed E-state index contributed by atoms with van der Waals surface area (Å²) in [5.74, 6) is -2.80. The van der Waals surface area contributed by atoms with Gasteiger partial charge in [-0.05, 0) is 47.7 Å². The number of nitrogens with zero attached hydrogens (tertiary/aromatic N) is 1. The van der Waals surface area contributed by atoms with Crippen LogP contribution in [0.4, 0.5) is 4.39 Å². The summed E-state index contributed by atoms with van der Waals surface area (Å²) >= 11 is 0. The molecule has 35 heavy (non-hydrogen) atoms. The number of para-hydroxylation sites is 1. The Morgan fingerprint density at radius 3 is 2.37 bits per heavy atom. The van der Waals surface area contributed by atoms with Crippen molar-refractivity contribution in [1.82, 2.24) is 9.88 Å². The van der Waals surface area contributed by atoms with Crippen LogP contribution in [0.5, 0.6) is 0 Å². The molecule has 1 aliphatic heterocycles. The molecule has 1 amide bonds. The van der Waals surface area contributed by atoms with E-state index in [2.05, 4.69) is 5.32 Å². The lowest BCUT2D eigenvalue weighted by Crippen LogP contribution is -2.29. The summed E-state index contributed by atoms with van der Waals surface area (Å²) in [4.78, 5) is 38.7. The van der Waals surface area contributed by atoms with E-state index in [0.717, 1.165) is 27.6 Å². The van der Waals surface area contributed by atoms with Crippen LogP contribution in [0.25, 0.3) is 10.9 Å². The summed E-state index contributed by atoms with van der Waals surface area (Å²) in [6.07, 6.45) is 2.99. The minimum atomic E-state index is -1.27. The molecule has 176 valence electrons. The number of Topliss-reactive ketones (excluding diaryl/α,β-unsaturated/α-hetero) is 2. The molecule has 2 unspecified atom stereocenters. The zero-order chi connectivity index (χ0) is 24.4. The second kappa shape index (κ2) is 9.66. The SMILES string of the molecule is O=C(Cc1cn(Cc2ccc(F)cc2)c2ccccc12)C1C(=O)NC(CCc2ccccc2)C1=O. The highest BCUT2D eigenvalue weighted by molar-refractivity contribution is 6.24. The van der Waals surface area contributed by atoms with Gasteiger partial charge in [-0.3, -0.25) is 14.4 Å². The fourth-order valence-electron chi connectivity index (χ4n) is 4.80. The van der Waals surface area contributed by atoms with Gasteiger partial charge in [0.25, 0.3) is 0 Å². The predicted molar refractivity (Wildman–Crippen MR) is 131 cm³/mol. The van der Waals surface area contributed by atoms with Gasteiger partial charge in [0, 0.05) is 30.1 Å². The van der Waals surface area contributed by atoms with Crippen molar-refractivity contribution in [3.8, 4) is 0 Å². The fourth-order valence-corrected chi connectivity index (χ4v) is 4.80. The van der Waals surface area contributed by atoms with Crippen molar-refractivity contribution in [2.24, 2.45) is 5.92 Å². The van der Waals surface area contributed by atoms with E-state index in [0.29, 0.717) is 19.4 Å². The Hall–Kier alpha value is -4.06. The van der Waals surface area contributed by atoms with E-state index in [4.69, 9.17) is 0 Å². The van der Waals surface area contributed by atoms with Gasteiger partial charge < -0.3 is 9.88 Å². The number of amides is 1. The molecule has 5 nitrogen and oxygen atoms in total. The number of carbonyl (C=O) groups excluding carboxylic acids is 3.